The van der Waals surface area contributed by atoms with Gasteiger partial charge in [-0.15, -0.1) is 0 Å². The van der Waals surface area contributed by atoms with Crippen LogP contribution in [-0.2, 0) is 0 Å². The Kier molecular flexibility index (Phi) is 3.05. The Labute approximate surface area is 92.5 Å². The summed E-state index contributed by atoms with van der Waals surface area (Å²) in [4.78, 5) is 11.7. The van der Waals surface area contributed by atoms with E-state index in [1.807, 2.05) is 0 Å². The summed E-state index contributed by atoms with van der Waals surface area (Å²) in [5.74, 6) is -1.33. The standard InChI is InChI=1S/C11H13FN2O2/c12-10-5-8(15)1-2-9(10)11(16)14-7-3-4-13-6-7/h1-2,5,7,13,15H,3-4,6H2,(H,14,16)/t7-/m1/s1. The molecule has 3 N–H and O–H groups in total. The van der Waals surface area contributed by atoms with Gasteiger partial charge in [0.2, 0.25) is 0 Å². The maximum absolute atomic E-state index is 13.3. The molecule has 1 aromatic rings. The van der Waals surface area contributed by atoms with Crippen LogP contribution in [0.2, 0.25) is 0 Å². The Morgan fingerprint density at radius 3 is 3.00 bits per heavy atom. The van der Waals surface area contributed by atoms with Crippen molar-refractivity contribution in [1.82, 2.24) is 10.6 Å². The van der Waals surface area contributed by atoms with Gasteiger partial charge in [0.25, 0.3) is 5.91 Å². The van der Waals surface area contributed by atoms with E-state index in [9.17, 15) is 9.18 Å². The van der Waals surface area contributed by atoms with Crippen LogP contribution in [-0.4, -0.2) is 30.1 Å². The lowest BCUT2D eigenvalue weighted by molar-refractivity contribution is 0.0936. The molecule has 0 aromatic heterocycles. The van der Waals surface area contributed by atoms with Crippen LogP contribution in [0.3, 0.4) is 0 Å². The van der Waals surface area contributed by atoms with Gasteiger partial charge >= 0.3 is 0 Å². The second-order valence-electron chi connectivity index (χ2n) is 3.83. The Morgan fingerprint density at radius 2 is 2.38 bits per heavy atom. The van der Waals surface area contributed by atoms with Crippen molar-refractivity contribution in [2.24, 2.45) is 0 Å². The lowest BCUT2D eigenvalue weighted by Crippen LogP contribution is -2.36. The van der Waals surface area contributed by atoms with Gasteiger partial charge in [0, 0.05) is 18.7 Å². The van der Waals surface area contributed by atoms with Crippen LogP contribution in [0.25, 0.3) is 0 Å². The second kappa shape index (κ2) is 4.49. The molecule has 1 fully saturated rings. The van der Waals surface area contributed by atoms with Crippen LogP contribution < -0.4 is 10.6 Å². The molecule has 1 atom stereocenters. The molecule has 0 bridgehead atoms. The molecule has 5 heteroatoms. The molecule has 86 valence electrons. The van der Waals surface area contributed by atoms with E-state index in [0.29, 0.717) is 6.54 Å². The maximum atomic E-state index is 13.3. The largest absolute Gasteiger partial charge is 0.508 e. The summed E-state index contributed by atoms with van der Waals surface area (Å²) in [6.07, 6.45) is 0.853. The number of benzene rings is 1. The SMILES string of the molecule is O=C(N[C@@H]1CCNC1)c1ccc(O)cc1F. The van der Waals surface area contributed by atoms with E-state index in [1.165, 1.54) is 12.1 Å². The van der Waals surface area contributed by atoms with Gasteiger partial charge in [0.15, 0.2) is 0 Å². The predicted molar refractivity (Wildman–Crippen MR) is 56.8 cm³/mol. The van der Waals surface area contributed by atoms with Crippen LogP contribution >= 0.6 is 0 Å². The van der Waals surface area contributed by atoms with Crippen molar-refractivity contribution in [3.63, 3.8) is 0 Å². The van der Waals surface area contributed by atoms with E-state index in [1.54, 1.807) is 0 Å². The zero-order valence-corrected chi connectivity index (χ0v) is 8.66. The van der Waals surface area contributed by atoms with Crippen molar-refractivity contribution in [3.05, 3.63) is 29.6 Å². The minimum absolute atomic E-state index is 0.0373. The van der Waals surface area contributed by atoms with Gasteiger partial charge in [-0.2, -0.15) is 0 Å². The summed E-state index contributed by atoms with van der Waals surface area (Å²) in [7, 11) is 0. The van der Waals surface area contributed by atoms with Gasteiger partial charge in [-0.25, -0.2) is 4.39 Å². The van der Waals surface area contributed by atoms with Crippen molar-refractivity contribution in [3.8, 4) is 5.75 Å². The molecular formula is C11H13FN2O2. The number of hydrogen-bond donors (Lipinski definition) is 3. The zero-order chi connectivity index (χ0) is 11.5. The Balaban J connectivity index is 2.08. The quantitative estimate of drug-likeness (QED) is 0.690. The van der Waals surface area contributed by atoms with Crippen LogP contribution in [0.15, 0.2) is 18.2 Å². The van der Waals surface area contributed by atoms with Crippen molar-refractivity contribution in [2.75, 3.05) is 13.1 Å². The molecule has 0 spiro atoms. The van der Waals surface area contributed by atoms with E-state index in [2.05, 4.69) is 10.6 Å². The van der Waals surface area contributed by atoms with Crippen molar-refractivity contribution in [1.29, 1.82) is 0 Å². The van der Waals surface area contributed by atoms with Crippen LogP contribution in [0.1, 0.15) is 16.8 Å². The zero-order valence-electron chi connectivity index (χ0n) is 8.66. The van der Waals surface area contributed by atoms with E-state index >= 15 is 0 Å². The highest BCUT2D eigenvalue weighted by atomic mass is 19.1. The summed E-state index contributed by atoms with van der Waals surface area (Å²) in [5.41, 5.74) is -0.0373. The number of nitrogens with one attached hydrogen (secondary N) is 2. The number of carbonyl (C=O) groups is 1. The number of halogens is 1. The summed E-state index contributed by atoms with van der Waals surface area (Å²) in [6.45, 7) is 1.58. The number of aromatic hydroxyl groups is 1. The normalized spacial score (nSPS) is 19.7. The fourth-order valence-corrected chi connectivity index (χ4v) is 1.73. The van der Waals surface area contributed by atoms with Gasteiger partial charge in [0.1, 0.15) is 11.6 Å². The van der Waals surface area contributed by atoms with Crippen LogP contribution in [0.5, 0.6) is 5.75 Å². The topological polar surface area (TPSA) is 61.4 Å². The summed E-state index contributed by atoms with van der Waals surface area (Å²) < 4.78 is 13.3. The minimum Gasteiger partial charge on any atom is -0.508 e. The molecule has 1 saturated heterocycles. The number of hydrogen-bond acceptors (Lipinski definition) is 3. The van der Waals surface area contributed by atoms with E-state index in [-0.39, 0.29) is 17.4 Å². The Hall–Kier alpha value is -1.62. The fraction of sp³-hybridized carbons (Fsp3) is 0.364. The molecule has 1 heterocycles. The summed E-state index contributed by atoms with van der Waals surface area (Å²) in [5, 5.41) is 14.9. The number of phenols is 1. The molecule has 16 heavy (non-hydrogen) atoms. The molecule has 1 aliphatic heterocycles. The van der Waals surface area contributed by atoms with Crippen LogP contribution in [0, 0.1) is 5.82 Å². The minimum atomic E-state index is -0.705. The first-order chi connectivity index (χ1) is 7.66. The third-order valence-electron chi connectivity index (χ3n) is 2.59. The van der Waals surface area contributed by atoms with Crippen molar-refractivity contribution >= 4 is 5.91 Å². The molecule has 1 amide bonds. The highest BCUT2D eigenvalue weighted by Gasteiger charge is 2.19. The first kappa shape index (κ1) is 10.9. The lowest BCUT2D eigenvalue weighted by Gasteiger charge is -2.11. The summed E-state index contributed by atoms with van der Waals surface area (Å²) in [6, 6.07) is 3.57. The van der Waals surface area contributed by atoms with Crippen LogP contribution in [0.4, 0.5) is 4.39 Å². The van der Waals surface area contributed by atoms with Crippen molar-refractivity contribution in [2.45, 2.75) is 12.5 Å². The van der Waals surface area contributed by atoms with E-state index < -0.39 is 11.7 Å². The first-order valence-corrected chi connectivity index (χ1v) is 5.17. The van der Waals surface area contributed by atoms with E-state index in [0.717, 1.165) is 19.0 Å². The van der Waals surface area contributed by atoms with Gasteiger partial charge in [-0.3, -0.25) is 4.79 Å². The third kappa shape index (κ3) is 2.30. The second-order valence-corrected chi connectivity index (χ2v) is 3.83. The lowest BCUT2D eigenvalue weighted by atomic mass is 10.1. The Bertz CT molecular complexity index is 403. The van der Waals surface area contributed by atoms with E-state index in [4.69, 9.17) is 5.11 Å². The third-order valence-corrected chi connectivity index (χ3v) is 2.59. The molecule has 0 aliphatic carbocycles. The average molecular weight is 224 g/mol. The van der Waals surface area contributed by atoms with Crippen molar-refractivity contribution < 1.29 is 14.3 Å². The first-order valence-electron chi connectivity index (χ1n) is 5.17. The van der Waals surface area contributed by atoms with Gasteiger partial charge < -0.3 is 15.7 Å². The molecular weight excluding hydrogens is 211 g/mol. The number of phenolic OH excluding ortho intramolecular Hbond substituents is 1. The molecule has 1 aliphatic rings. The predicted octanol–water partition coefficient (Wildman–Crippen LogP) is 0.623. The fourth-order valence-electron chi connectivity index (χ4n) is 1.73. The number of carbonyl (C=O) groups excluding carboxylic acids is 1. The molecule has 0 unspecified atom stereocenters. The molecule has 0 saturated carbocycles. The molecule has 2 rings (SSSR count). The monoisotopic (exact) mass is 224 g/mol. The molecule has 1 aromatic carbocycles. The van der Waals surface area contributed by atoms with Gasteiger partial charge in [-0.05, 0) is 25.1 Å². The van der Waals surface area contributed by atoms with Gasteiger partial charge in [0.05, 0.1) is 5.56 Å². The number of amides is 1. The van der Waals surface area contributed by atoms with Gasteiger partial charge in [-0.1, -0.05) is 0 Å². The smallest absolute Gasteiger partial charge is 0.254 e. The summed E-state index contributed by atoms with van der Waals surface area (Å²) >= 11 is 0. The average Bonchev–Trinajstić information content (AvgIpc) is 2.70. The maximum Gasteiger partial charge on any atom is 0.254 e. The molecule has 0 radical (unpaired) electrons. The molecule has 4 nitrogen and oxygen atoms in total. The highest BCUT2D eigenvalue weighted by Crippen LogP contribution is 2.15. The Morgan fingerprint density at radius 1 is 1.56 bits per heavy atom. The highest BCUT2D eigenvalue weighted by molar-refractivity contribution is 5.94. The number of rotatable bonds is 2.